The number of hydrogen-bond donors (Lipinski definition) is 1. The van der Waals surface area contributed by atoms with Crippen molar-refractivity contribution in [2.75, 3.05) is 20.3 Å². The lowest BCUT2D eigenvalue weighted by molar-refractivity contribution is 0.199. The van der Waals surface area contributed by atoms with Crippen molar-refractivity contribution in [3.8, 4) is 0 Å². The Kier molecular flexibility index (Phi) is 4.22. The first-order valence-corrected chi connectivity index (χ1v) is 7.82. The van der Waals surface area contributed by atoms with E-state index in [4.69, 9.17) is 9.72 Å². The molecule has 2 aromatic rings. The van der Waals surface area contributed by atoms with Gasteiger partial charge in [0.05, 0.1) is 12.1 Å². The first-order chi connectivity index (χ1) is 10.2. The Bertz CT molecular complexity index is 664. The Balaban J connectivity index is 2.04. The van der Waals surface area contributed by atoms with Crippen LogP contribution in [-0.2, 0) is 24.1 Å². The molecular weight excluding hydrogens is 260 g/mol. The summed E-state index contributed by atoms with van der Waals surface area (Å²) in [5.74, 6) is 0. The number of pyridine rings is 1. The topological polar surface area (TPSA) is 34.1 Å². The number of aryl methyl sites for hydroxylation is 3. The Hall–Kier alpha value is -1.45. The second-order valence-electron chi connectivity index (χ2n) is 5.99. The summed E-state index contributed by atoms with van der Waals surface area (Å²) < 4.78 is 5.12. The highest BCUT2D eigenvalue weighted by molar-refractivity contribution is 5.85. The van der Waals surface area contributed by atoms with Crippen molar-refractivity contribution in [1.82, 2.24) is 10.3 Å². The van der Waals surface area contributed by atoms with Crippen LogP contribution in [0.1, 0.15) is 34.4 Å². The van der Waals surface area contributed by atoms with Gasteiger partial charge in [-0.15, -0.1) is 0 Å². The number of rotatable bonds is 5. The van der Waals surface area contributed by atoms with Crippen molar-refractivity contribution in [2.45, 2.75) is 39.7 Å². The number of methoxy groups -OCH3 is 1. The third kappa shape index (κ3) is 2.81. The lowest BCUT2D eigenvalue weighted by atomic mass is 9.97. The molecule has 0 aliphatic heterocycles. The van der Waals surface area contributed by atoms with Crippen LogP contribution < -0.4 is 5.32 Å². The SMILES string of the molecule is COCCNCc1c2c(nc3cc(C)c(C)cc13)CCC2. The van der Waals surface area contributed by atoms with Crippen LogP contribution in [0.25, 0.3) is 10.9 Å². The highest BCUT2D eigenvalue weighted by atomic mass is 16.5. The smallest absolute Gasteiger partial charge is 0.0711 e. The summed E-state index contributed by atoms with van der Waals surface area (Å²) in [6.07, 6.45) is 3.54. The number of nitrogens with zero attached hydrogens (tertiary/aromatic N) is 1. The van der Waals surface area contributed by atoms with E-state index in [9.17, 15) is 0 Å². The van der Waals surface area contributed by atoms with Crippen LogP contribution in [0.4, 0.5) is 0 Å². The van der Waals surface area contributed by atoms with Crippen molar-refractivity contribution in [3.63, 3.8) is 0 Å². The normalized spacial score (nSPS) is 13.9. The summed E-state index contributed by atoms with van der Waals surface area (Å²) in [5, 5.41) is 4.83. The number of aromatic nitrogens is 1. The van der Waals surface area contributed by atoms with Gasteiger partial charge in [0.2, 0.25) is 0 Å². The van der Waals surface area contributed by atoms with Gasteiger partial charge in [-0.2, -0.15) is 0 Å². The molecule has 21 heavy (non-hydrogen) atoms. The van der Waals surface area contributed by atoms with Gasteiger partial charge < -0.3 is 10.1 Å². The molecule has 0 atom stereocenters. The fraction of sp³-hybridized carbons (Fsp3) is 0.500. The molecule has 3 nitrogen and oxygen atoms in total. The lowest BCUT2D eigenvalue weighted by Gasteiger charge is -2.15. The molecule has 1 aromatic heterocycles. The molecule has 0 spiro atoms. The van der Waals surface area contributed by atoms with Gasteiger partial charge in [-0.25, -0.2) is 0 Å². The highest BCUT2D eigenvalue weighted by Gasteiger charge is 2.19. The predicted octanol–water partition coefficient (Wildman–Crippen LogP) is 3.08. The zero-order valence-corrected chi connectivity index (χ0v) is 13.3. The van der Waals surface area contributed by atoms with Gasteiger partial charge in [0.15, 0.2) is 0 Å². The van der Waals surface area contributed by atoms with E-state index in [1.165, 1.54) is 46.2 Å². The summed E-state index contributed by atoms with van der Waals surface area (Å²) in [7, 11) is 1.74. The molecule has 1 N–H and O–H groups in total. The molecule has 0 unspecified atom stereocenters. The van der Waals surface area contributed by atoms with E-state index in [1.54, 1.807) is 7.11 Å². The number of hydrogen-bond acceptors (Lipinski definition) is 3. The first-order valence-electron chi connectivity index (χ1n) is 7.82. The maximum atomic E-state index is 5.12. The Morgan fingerprint density at radius 1 is 1.19 bits per heavy atom. The number of nitrogens with one attached hydrogen (secondary N) is 1. The Labute approximate surface area is 126 Å². The lowest BCUT2D eigenvalue weighted by Crippen LogP contribution is -2.20. The molecule has 3 rings (SSSR count). The summed E-state index contributed by atoms with van der Waals surface area (Å²) in [6, 6.07) is 4.55. The van der Waals surface area contributed by atoms with Crippen LogP contribution in [0.2, 0.25) is 0 Å². The predicted molar refractivity (Wildman–Crippen MR) is 86.8 cm³/mol. The molecule has 1 heterocycles. The largest absolute Gasteiger partial charge is 0.383 e. The van der Waals surface area contributed by atoms with Gasteiger partial charge in [0, 0.05) is 31.3 Å². The zero-order chi connectivity index (χ0) is 14.8. The number of benzene rings is 1. The maximum Gasteiger partial charge on any atom is 0.0711 e. The van der Waals surface area contributed by atoms with Crippen molar-refractivity contribution in [1.29, 1.82) is 0 Å². The first kappa shape index (κ1) is 14.5. The average Bonchev–Trinajstić information content (AvgIpc) is 2.92. The second kappa shape index (κ2) is 6.12. The van der Waals surface area contributed by atoms with Gasteiger partial charge in [0.1, 0.15) is 0 Å². The molecule has 0 saturated carbocycles. The summed E-state index contributed by atoms with van der Waals surface area (Å²) in [4.78, 5) is 4.91. The van der Waals surface area contributed by atoms with E-state index >= 15 is 0 Å². The molecule has 0 radical (unpaired) electrons. The Morgan fingerprint density at radius 3 is 2.81 bits per heavy atom. The summed E-state index contributed by atoms with van der Waals surface area (Å²) >= 11 is 0. The third-order valence-electron chi connectivity index (χ3n) is 4.53. The highest BCUT2D eigenvalue weighted by Crippen LogP contribution is 2.31. The van der Waals surface area contributed by atoms with Crippen LogP contribution >= 0.6 is 0 Å². The molecule has 3 heteroatoms. The molecule has 0 bridgehead atoms. The van der Waals surface area contributed by atoms with Gasteiger partial charge in [-0.1, -0.05) is 0 Å². The van der Waals surface area contributed by atoms with Crippen LogP contribution in [0, 0.1) is 13.8 Å². The molecule has 0 amide bonds. The number of ether oxygens (including phenoxy) is 1. The minimum absolute atomic E-state index is 0.753. The van der Waals surface area contributed by atoms with E-state index in [1.807, 2.05) is 0 Å². The maximum absolute atomic E-state index is 5.12. The van der Waals surface area contributed by atoms with E-state index in [-0.39, 0.29) is 0 Å². The fourth-order valence-corrected chi connectivity index (χ4v) is 3.21. The van der Waals surface area contributed by atoms with Gasteiger partial charge in [-0.3, -0.25) is 4.98 Å². The van der Waals surface area contributed by atoms with Gasteiger partial charge >= 0.3 is 0 Å². The van der Waals surface area contributed by atoms with Gasteiger partial charge in [0.25, 0.3) is 0 Å². The van der Waals surface area contributed by atoms with E-state index < -0.39 is 0 Å². The quantitative estimate of drug-likeness (QED) is 0.857. The standard InChI is InChI=1S/C18H24N2O/c1-12-9-15-16(11-19-7-8-21-3)14-5-4-6-17(14)20-18(15)10-13(12)2/h9-10,19H,4-8,11H2,1-3H3. The molecule has 0 fully saturated rings. The summed E-state index contributed by atoms with van der Waals surface area (Å²) in [6.45, 7) is 6.90. The molecule has 1 aliphatic rings. The summed E-state index contributed by atoms with van der Waals surface area (Å²) in [5.41, 5.74) is 8.07. The van der Waals surface area contributed by atoms with E-state index in [2.05, 4.69) is 31.3 Å². The monoisotopic (exact) mass is 284 g/mol. The molecule has 0 saturated heterocycles. The fourth-order valence-electron chi connectivity index (χ4n) is 3.21. The van der Waals surface area contributed by atoms with Crippen LogP contribution in [0.15, 0.2) is 12.1 Å². The molecule has 112 valence electrons. The van der Waals surface area contributed by atoms with Crippen LogP contribution in [-0.4, -0.2) is 25.2 Å². The van der Waals surface area contributed by atoms with E-state index in [0.717, 1.165) is 31.6 Å². The minimum atomic E-state index is 0.753. The van der Waals surface area contributed by atoms with Crippen LogP contribution in [0.3, 0.4) is 0 Å². The second-order valence-corrected chi connectivity index (χ2v) is 5.99. The molecular formula is C18H24N2O. The minimum Gasteiger partial charge on any atom is -0.383 e. The van der Waals surface area contributed by atoms with Crippen molar-refractivity contribution < 1.29 is 4.74 Å². The Morgan fingerprint density at radius 2 is 2.00 bits per heavy atom. The average molecular weight is 284 g/mol. The molecule has 1 aliphatic carbocycles. The van der Waals surface area contributed by atoms with Crippen LogP contribution in [0.5, 0.6) is 0 Å². The third-order valence-corrected chi connectivity index (χ3v) is 4.53. The van der Waals surface area contributed by atoms with E-state index in [0.29, 0.717) is 0 Å². The van der Waals surface area contributed by atoms with Crippen molar-refractivity contribution >= 4 is 10.9 Å². The molecule has 1 aromatic carbocycles. The van der Waals surface area contributed by atoms with Crippen molar-refractivity contribution in [2.24, 2.45) is 0 Å². The van der Waals surface area contributed by atoms with Crippen molar-refractivity contribution in [3.05, 3.63) is 40.1 Å². The number of fused-ring (bicyclic) bond motifs is 2. The van der Waals surface area contributed by atoms with Gasteiger partial charge in [-0.05, 0) is 67.5 Å². The zero-order valence-electron chi connectivity index (χ0n) is 13.3.